The average Bonchev–Trinajstić information content (AvgIpc) is 3.09. The Labute approximate surface area is 129 Å². The van der Waals surface area contributed by atoms with Crippen molar-refractivity contribution in [2.75, 3.05) is 0 Å². The highest BCUT2D eigenvalue weighted by molar-refractivity contribution is 5.68. The van der Waals surface area contributed by atoms with Gasteiger partial charge in [0.25, 0.3) is 0 Å². The van der Waals surface area contributed by atoms with Gasteiger partial charge in [-0.05, 0) is 69.0 Å². The molecule has 0 fully saturated rings. The lowest BCUT2D eigenvalue weighted by Gasteiger charge is -2.34. The molecular weight excluding hydrogens is 274 g/mol. The number of furan rings is 1. The molecule has 0 aliphatic carbocycles. The maximum absolute atomic E-state index is 5.54. The quantitative estimate of drug-likeness (QED) is 0.678. The van der Waals surface area contributed by atoms with Crippen molar-refractivity contribution in [1.29, 1.82) is 0 Å². The Hall–Kier alpha value is -2.36. The monoisotopic (exact) mass is 293 g/mol. The first-order chi connectivity index (χ1) is 10.5. The van der Waals surface area contributed by atoms with Gasteiger partial charge in [0, 0.05) is 11.1 Å². The first kappa shape index (κ1) is 13.3. The number of benzene rings is 1. The number of rotatable bonds is 1. The Balaban J connectivity index is 2.01. The van der Waals surface area contributed by atoms with Crippen molar-refractivity contribution in [3.05, 3.63) is 47.2 Å². The molecule has 4 rings (SSSR count). The summed E-state index contributed by atoms with van der Waals surface area (Å²) >= 11 is 0. The topological polar surface area (TPSA) is 43.9 Å². The number of hydrogen-bond donors (Lipinski definition) is 0. The van der Waals surface area contributed by atoms with Crippen LogP contribution in [0, 0.1) is 13.8 Å². The zero-order valence-electron chi connectivity index (χ0n) is 13.3. The molecule has 0 saturated heterocycles. The summed E-state index contributed by atoms with van der Waals surface area (Å²) in [5.74, 6) is 2.49. The molecule has 0 bridgehead atoms. The van der Waals surface area contributed by atoms with Gasteiger partial charge in [-0.2, -0.15) is 0 Å². The fourth-order valence-corrected chi connectivity index (χ4v) is 3.37. The van der Waals surface area contributed by atoms with E-state index in [4.69, 9.17) is 4.42 Å². The van der Waals surface area contributed by atoms with E-state index in [1.165, 1.54) is 22.3 Å². The zero-order valence-corrected chi connectivity index (χ0v) is 13.3. The van der Waals surface area contributed by atoms with Gasteiger partial charge in [0.1, 0.15) is 0 Å². The molecule has 0 radical (unpaired) electrons. The second-order valence-electron chi connectivity index (χ2n) is 6.74. The minimum absolute atomic E-state index is 0.0876. The third-order valence-corrected chi connectivity index (χ3v) is 4.59. The van der Waals surface area contributed by atoms with Crippen LogP contribution in [0.3, 0.4) is 0 Å². The van der Waals surface area contributed by atoms with E-state index in [1.807, 2.05) is 12.1 Å². The SMILES string of the molecule is Cc1cc2c(cc1C)-c1nnc(-c3ccco3)n1C(C)(C)C2. The van der Waals surface area contributed by atoms with E-state index in [1.54, 1.807) is 6.26 Å². The van der Waals surface area contributed by atoms with Gasteiger partial charge in [0.05, 0.1) is 6.26 Å². The minimum atomic E-state index is -0.0876. The van der Waals surface area contributed by atoms with E-state index in [9.17, 15) is 0 Å². The molecule has 22 heavy (non-hydrogen) atoms. The van der Waals surface area contributed by atoms with E-state index < -0.39 is 0 Å². The molecule has 1 aliphatic rings. The van der Waals surface area contributed by atoms with Crippen LogP contribution in [-0.4, -0.2) is 14.8 Å². The summed E-state index contributed by atoms with van der Waals surface area (Å²) in [7, 11) is 0. The highest BCUT2D eigenvalue weighted by Crippen LogP contribution is 2.40. The molecule has 1 aromatic carbocycles. The lowest BCUT2D eigenvalue weighted by molar-refractivity contribution is 0.348. The van der Waals surface area contributed by atoms with Crippen LogP contribution in [0.2, 0.25) is 0 Å². The molecule has 3 aromatic rings. The van der Waals surface area contributed by atoms with Gasteiger partial charge in [-0.25, -0.2) is 0 Å². The maximum Gasteiger partial charge on any atom is 0.200 e. The van der Waals surface area contributed by atoms with Crippen LogP contribution in [0.1, 0.15) is 30.5 Å². The van der Waals surface area contributed by atoms with E-state index in [-0.39, 0.29) is 5.54 Å². The number of hydrogen-bond acceptors (Lipinski definition) is 3. The minimum Gasteiger partial charge on any atom is -0.461 e. The molecule has 2 aromatic heterocycles. The number of fused-ring (bicyclic) bond motifs is 3. The van der Waals surface area contributed by atoms with Gasteiger partial charge in [-0.15, -0.1) is 10.2 Å². The molecule has 1 aliphatic heterocycles. The predicted octanol–water partition coefficient (Wildman–Crippen LogP) is 4.11. The summed E-state index contributed by atoms with van der Waals surface area (Å²) < 4.78 is 7.76. The van der Waals surface area contributed by atoms with Crippen LogP contribution in [0.5, 0.6) is 0 Å². The maximum atomic E-state index is 5.54. The van der Waals surface area contributed by atoms with Crippen LogP contribution in [-0.2, 0) is 12.0 Å². The molecule has 0 spiro atoms. The lowest BCUT2D eigenvalue weighted by atomic mass is 9.85. The summed E-state index contributed by atoms with van der Waals surface area (Å²) in [6, 6.07) is 8.33. The van der Waals surface area contributed by atoms with Crippen molar-refractivity contribution in [3.63, 3.8) is 0 Å². The first-order valence-electron chi connectivity index (χ1n) is 7.58. The Morgan fingerprint density at radius 1 is 1.09 bits per heavy atom. The van der Waals surface area contributed by atoms with Crippen LogP contribution in [0.25, 0.3) is 23.0 Å². The van der Waals surface area contributed by atoms with Crippen LogP contribution in [0.15, 0.2) is 34.9 Å². The molecule has 112 valence electrons. The van der Waals surface area contributed by atoms with E-state index in [0.717, 1.165) is 23.8 Å². The molecule has 0 unspecified atom stereocenters. The summed E-state index contributed by atoms with van der Waals surface area (Å²) in [6.07, 6.45) is 2.64. The van der Waals surface area contributed by atoms with Crippen LogP contribution < -0.4 is 0 Å². The number of aromatic nitrogens is 3. The third-order valence-electron chi connectivity index (χ3n) is 4.59. The van der Waals surface area contributed by atoms with Crippen molar-refractivity contribution >= 4 is 0 Å². The summed E-state index contributed by atoms with van der Waals surface area (Å²) in [5.41, 5.74) is 5.06. The summed E-state index contributed by atoms with van der Waals surface area (Å²) in [4.78, 5) is 0. The molecule has 0 atom stereocenters. The van der Waals surface area contributed by atoms with Gasteiger partial charge >= 0.3 is 0 Å². The van der Waals surface area contributed by atoms with Gasteiger partial charge in [-0.1, -0.05) is 6.07 Å². The van der Waals surface area contributed by atoms with Gasteiger partial charge < -0.3 is 4.42 Å². The standard InChI is InChI=1S/C18H19N3O/c1-11-8-13-10-18(3,4)21-16(14(13)9-12(11)2)19-20-17(21)15-6-5-7-22-15/h5-9H,10H2,1-4H3. The van der Waals surface area contributed by atoms with Crippen LogP contribution in [0.4, 0.5) is 0 Å². The molecule has 0 N–H and O–H groups in total. The van der Waals surface area contributed by atoms with E-state index >= 15 is 0 Å². The number of aryl methyl sites for hydroxylation is 2. The summed E-state index contributed by atoms with van der Waals surface area (Å²) in [5, 5.41) is 8.88. The normalized spacial score (nSPS) is 15.5. The van der Waals surface area contributed by atoms with E-state index in [0.29, 0.717) is 0 Å². The Kier molecular flexibility index (Phi) is 2.61. The van der Waals surface area contributed by atoms with Gasteiger partial charge in [0.15, 0.2) is 11.6 Å². The molecular formula is C18H19N3O. The highest BCUT2D eigenvalue weighted by atomic mass is 16.3. The van der Waals surface area contributed by atoms with Crippen molar-refractivity contribution < 1.29 is 4.42 Å². The van der Waals surface area contributed by atoms with Crippen molar-refractivity contribution in [2.45, 2.75) is 39.7 Å². The first-order valence-corrected chi connectivity index (χ1v) is 7.58. The third kappa shape index (κ3) is 1.76. The Bertz CT molecular complexity index is 857. The fraction of sp³-hybridized carbons (Fsp3) is 0.333. The zero-order chi connectivity index (χ0) is 15.5. The molecule has 3 heterocycles. The average molecular weight is 293 g/mol. The van der Waals surface area contributed by atoms with Gasteiger partial charge in [0.2, 0.25) is 5.82 Å². The molecule has 4 nitrogen and oxygen atoms in total. The smallest absolute Gasteiger partial charge is 0.200 e. The lowest BCUT2D eigenvalue weighted by Crippen LogP contribution is -2.33. The van der Waals surface area contributed by atoms with Crippen molar-refractivity contribution in [3.8, 4) is 23.0 Å². The predicted molar refractivity (Wildman–Crippen MR) is 85.7 cm³/mol. The van der Waals surface area contributed by atoms with E-state index in [2.05, 4.69) is 54.6 Å². The van der Waals surface area contributed by atoms with Crippen molar-refractivity contribution in [2.24, 2.45) is 0 Å². The second kappa shape index (κ2) is 4.32. The molecule has 0 saturated carbocycles. The van der Waals surface area contributed by atoms with Gasteiger partial charge in [-0.3, -0.25) is 4.57 Å². The molecule has 0 amide bonds. The Morgan fingerprint density at radius 2 is 1.82 bits per heavy atom. The Morgan fingerprint density at radius 3 is 2.55 bits per heavy atom. The van der Waals surface area contributed by atoms with Crippen LogP contribution >= 0.6 is 0 Å². The van der Waals surface area contributed by atoms with Crippen molar-refractivity contribution in [1.82, 2.24) is 14.8 Å². The second-order valence-corrected chi connectivity index (χ2v) is 6.74. The highest BCUT2D eigenvalue weighted by Gasteiger charge is 2.35. The summed E-state index contributed by atoms with van der Waals surface area (Å²) in [6.45, 7) is 8.76. The fourth-order valence-electron chi connectivity index (χ4n) is 3.37. The largest absolute Gasteiger partial charge is 0.461 e. The number of nitrogens with zero attached hydrogens (tertiary/aromatic N) is 3. The molecule has 4 heteroatoms.